The SMILES string of the molecule is CCCCCc1ccc(-c2ccc3c(F)c(CCc4ccc(F)c(F)c4)ccc3c2)nc1. The summed E-state index contributed by atoms with van der Waals surface area (Å²) in [6, 6.07) is 17.3. The first-order valence-corrected chi connectivity index (χ1v) is 11.2. The second kappa shape index (κ2) is 9.99. The highest BCUT2D eigenvalue weighted by Crippen LogP contribution is 2.27. The second-order valence-electron chi connectivity index (χ2n) is 8.23. The number of pyridine rings is 1. The molecule has 164 valence electrons. The molecule has 0 radical (unpaired) electrons. The standard InChI is InChI=1S/C28H26F3N/c1-2-3-4-5-20-8-15-27(32-18-20)23-12-13-24-22(17-23)11-10-21(28(24)31)9-6-19-7-14-25(29)26(30)16-19/h7-8,10-18H,2-6,9H2,1H3. The molecule has 4 heteroatoms. The number of fused-ring (bicyclic) bond motifs is 1. The van der Waals surface area contributed by atoms with Crippen molar-refractivity contribution in [2.75, 3.05) is 0 Å². The van der Waals surface area contributed by atoms with E-state index in [1.54, 1.807) is 12.1 Å². The van der Waals surface area contributed by atoms with Crippen LogP contribution >= 0.6 is 0 Å². The van der Waals surface area contributed by atoms with E-state index in [9.17, 15) is 8.78 Å². The third-order valence-corrected chi connectivity index (χ3v) is 5.89. The van der Waals surface area contributed by atoms with Gasteiger partial charge in [0.2, 0.25) is 0 Å². The number of aromatic nitrogens is 1. The van der Waals surface area contributed by atoms with Crippen LogP contribution in [0.1, 0.15) is 42.9 Å². The maximum atomic E-state index is 15.1. The van der Waals surface area contributed by atoms with Gasteiger partial charge in [0.15, 0.2) is 11.6 Å². The minimum absolute atomic E-state index is 0.268. The number of unbranched alkanes of at least 4 members (excludes halogenated alkanes) is 2. The first-order chi connectivity index (χ1) is 15.5. The molecule has 4 rings (SSSR count). The van der Waals surface area contributed by atoms with Gasteiger partial charge in [-0.05, 0) is 72.0 Å². The van der Waals surface area contributed by atoms with Gasteiger partial charge in [0.05, 0.1) is 5.69 Å². The number of halogens is 3. The minimum Gasteiger partial charge on any atom is -0.256 e. The highest BCUT2D eigenvalue weighted by Gasteiger charge is 2.10. The largest absolute Gasteiger partial charge is 0.256 e. The summed E-state index contributed by atoms with van der Waals surface area (Å²) in [5.41, 5.74) is 4.26. The van der Waals surface area contributed by atoms with E-state index in [1.807, 2.05) is 30.5 Å². The average Bonchev–Trinajstić information content (AvgIpc) is 2.81. The molecule has 0 saturated heterocycles. The first-order valence-electron chi connectivity index (χ1n) is 11.2. The Morgan fingerprint density at radius 3 is 2.31 bits per heavy atom. The number of rotatable bonds is 8. The molecule has 0 N–H and O–H groups in total. The van der Waals surface area contributed by atoms with Crippen LogP contribution < -0.4 is 0 Å². The Kier molecular flexibility index (Phi) is 6.89. The van der Waals surface area contributed by atoms with Gasteiger partial charge in [-0.3, -0.25) is 4.98 Å². The number of aryl methyl sites for hydroxylation is 3. The van der Waals surface area contributed by atoms with Crippen molar-refractivity contribution in [3.05, 3.63) is 101 Å². The van der Waals surface area contributed by atoms with Crippen molar-refractivity contribution in [1.29, 1.82) is 0 Å². The van der Waals surface area contributed by atoms with Gasteiger partial charge < -0.3 is 0 Å². The normalized spacial score (nSPS) is 11.2. The molecule has 4 aromatic rings. The average molecular weight is 434 g/mol. The number of benzene rings is 3. The zero-order valence-electron chi connectivity index (χ0n) is 18.2. The zero-order chi connectivity index (χ0) is 22.5. The fraction of sp³-hybridized carbons (Fsp3) is 0.250. The maximum absolute atomic E-state index is 15.1. The van der Waals surface area contributed by atoms with Crippen molar-refractivity contribution in [1.82, 2.24) is 4.98 Å². The van der Waals surface area contributed by atoms with E-state index in [-0.39, 0.29) is 5.82 Å². The Hall–Kier alpha value is -3.14. The molecular formula is C28H26F3N. The third-order valence-electron chi connectivity index (χ3n) is 5.89. The van der Waals surface area contributed by atoms with Crippen LogP contribution in [-0.4, -0.2) is 4.98 Å². The van der Waals surface area contributed by atoms with Crippen LogP contribution in [0.15, 0.2) is 66.9 Å². The molecule has 0 bridgehead atoms. The van der Waals surface area contributed by atoms with E-state index < -0.39 is 11.6 Å². The van der Waals surface area contributed by atoms with Crippen LogP contribution in [0.4, 0.5) is 13.2 Å². The number of hydrogen-bond donors (Lipinski definition) is 0. The highest BCUT2D eigenvalue weighted by molar-refractivity contribution is 5.88. The summed E-state index contributed by atoms with van der Waals surface area (Å²) in [6.45, 7) is 2.19. The molecule has 0 aliphatic heterocycles. The van der Waals surface area contributed by atoms with Gasteiger partial charge in [-0.15, -0.1) is 0 Å². The Morgan fingerprint density at radius 2 is 1.56 bits per heavy atom. The fourth-order valence-electron chi connectivity index (χ4n) is 3.99. The summed E-state index contributed by atoms with van der Waals surface area (Å²) >= 11 is 0. The predicted molar refractivity (Wildman–Crippen MR) is 124 cm³/mol. The molecule has 0 aliphatic carbocycles. The summed E-state index contributed by atoms with van der Waals surface area (Å²) in [6.07, 6.45) is 7.41. The van der Waals surface area contributed by atoms with Gasteiger partial charge in [-0.25, -0.2) is 13.2 Å². The van der Waals surface area contributed by atoms with Gasteiger partial charge in [-0.2, -0.15) is 0 Å². The lowest BCUT2D eigenvalue weighted by atomic mass is 9.98. The summed E-state index contributed by atoms with van der Waals surface area (Å²) in [5, 5.41) is 1.36. The van der Waals surface area contributed by atoms with E-state index in [0.29, 0.717) is 29.4 Å². The summed E-state index contributed by atoms with van der Waals surface area (Å²) in [5.74, 6) is -2.02. The zero-order valence-corrected chi connectivity index (χ0v) is 18.2. The van der Waals surface area contributed by atoms with Crippen molar-refractivity contribution < 1.29 is 13.2 Å². The Morgan fingerprint density at radius 1 is 0.719 bits per heavy atom. The van der Waals surface area contributed by atoms with Gasteiger partial charge in [0.1, 0.15) is 5.82 Å². The summed E-state index contributed by atoms with van der Waals surface area (Å²) < 4.78 is 41.6. The molecule has 0 unspecified atom stereocenters. The van der Waals surface area contributed by atoms with E-state index in [1.165, 1.54) is 37.0 Å². The lowest BCUT2D eigenvalue weighted by molar-refractivity contribution is 0.507. The molecule has 0 spiro atoms. The van der Waals surface area contributed by atoms with Gasteiger partial charge in [0.25, 0.3) is 0 Å². The number of hydrogen-bond acceptors (Lipinski definition) is 1. The fourth-order valence-corrected chi connectivity index (χ4v) is 3.99. The molecule has 32 heavy (non-hydrogen) atoms. The summed E-state index contributed by atoms with van der Waals surface area (Å²) in [4.78, 5) is 4.60. The highest BCUT2D eigenvalue weighted by atomic mass is 19.2. The van der Waals surface area contributed by atoms with Crippen LogP contribution in [0.3, 0.4) is 0 Å². The van der Waals surface area contributed by atoms with E-state index >= 15 is 4.39 Å². The Labute approximate surface area is 186 Å². The van der Waals surface area contributed by atoms with Crippen LogP contribution in [-0.2, 0) is 19.3 Å². The number of nitrogens with zero attached hydrogens (tertiary/aromatic N) is 1. The monoisotopic (exact) mass is 433 g/mol. The van der Waals surface area contributed by atoms with Gasteiger partial charge in [-0.1, -0.05) is 56.2 Å². The second-order valence-corrected chi connectivity index (χ2v) is 8.23. The van der Waals surface area contributed by atoms with E-state index in [0.717, 1.165) is 29.1 Å². The molecule has 1 heterocycles. The van der Waals surface area contributed by atoms with Gasteiger partial charge >= 0.3 is 0 Å². The van der Waals surface area contributed by atoms with Crippen molar-refractivity contribution >= 4 is 10.8 Å². The van der Waals surface area contributed by atoms with Crippen LogP contribution in [0.25, 0.3) is 22.0 Å². The molecule has 0 aliphatic rings. The van der Waals surface area contributed by atoms with Crippen molar-refractivity contribution in [2.45, 2.75) is 45.4 Å². The molecule has 1 nitrogen and oxygen atoms in total. The molecule has 0 fully saturated rings. The maximum Gasteiger partial charge on any atom is 0.159 e. The van der Waals surface area contributed by atoms with E-state index in [2.05, 4.69) is 18.0 Å². The summed E-state index contributed by atoms with van der Waals surface area (Å²) in [7, 11) is 0. The minimum atomic E-state index is -0.878. The Bertz CT molecular complexity index is 1220. The first kappa shape index (κ1) is 22.1. The predicted octanol–water partition coefficient (Wildman–Crippen LogP) is 7.84. The molecule has 0 amide bonds. The third kappa shape index (κ3) is 5.01. The van der Waals surface area contributed by atoms with Crippen LogP contribution in [0.2, 0.25) is 0 Å². The van der Waals surface area contributed by atoms with Crippen molar-refractivity contribution in [2.24, 2.45) is 0 Å². The van der Waals surface area contributed by atoms with Gasteiger partial charge in [0, 0.05) is 17.1 Å². The van der Waals surface area contributed by atoms with Crippen LogP contribution in [0, 0.1) is 17.5 Å². The van der Waals surface area contributed by atoms with E-state index in [4.69, 9.17) is 0 Å². The van der Waals surface area contributed by atoms with Crippen molar-refractivity contribution in [3.8, 4) is 11.3 Å². The molecule has 3 aromatic carbocycles. The lowest BCUT2D eigenvalue weighted by Crippen LogP contribution is -1.97. The quantitative estimate of drug-likeness (QED) is 0.258. The smallest absolute Gasteiger partial charge is 0.159 e. The topological polar surface area (TPSA) is 12.9 Å². The molecule has 0 atom stereocenters. The van der Waals surface area contributed by atoms with Crippen molar-refractivity contribution in [3.63, 3.8) is 0 Å². The molecule has 1 aromatic heterocycles. The van der Waals surface area contributed by atoms with Crippen LogP contribution in [0.5, 0.6) is 0 Å². The lowest BCUT2D eigenvalue weighted by Gasteiger charge is -2.09. The Balaban J connectivity index is 1.51. The molecule has 0 saturated carbocycles. The molecular weight excluding hydrogens is 407 g/mol.